The summed E-state index contributed by atoms with van der Waals surface area (Å²) >= 11 is 0. The Labute approximate surface area is 71.9 Å². The third kappa shape index (κ3) is 2.86. The van der Waals surface area contributed by atoms with Gasteiger partial charge >= 0.3 is 0 Å². The fourth-order valence-electron chi connectivity index (χ4n) is 1.65. The van der Waals surface area contributed by atoms with Gasteiger partial charge in [-0.2, -0.15) is 0 Å². The summed E-state index contributed by atoms with van der Waals surface area (Å²) in [7, 11) is 0.309. The lowest BCUT2D eigenvalue weighted by molar-refractivity contribution is -0.120. The summed E-state index contributed by atoms with van der Waals surface area (Å²) in [6.07, 6.45) is 9.17. The van der Waals surface area contributed by atoms with Crippen molar-refractivity contribution in [3.05, 3.63) is 0 Å². The van der Waals surface area contributed by atoms with E-state index < -0.39 is 0 Å². The Morgan fingerprint density at radius 2 is 1.91 bits per heavy atom. The van der Waals surface area contributed by atoms with Crippen LogP contribution in [0.5, 0.6) is 0 Å². The first kappa shape index (κ1) is 9.11. The standard InChI is InChI=1S/C9H17OS/c1-11(2)7-9(10)8-5-3-4-6-8/h8H,3-7H2,1-2H3/q+1. The van der Waals surface area contributed by atoms with Gasteiger partial charge in [-0.15, -0.1) is 0 Å². The SMILES string of the molecule is C[S+](C)CC(=O)C1CCCC1. The second-order valence-corrected chi connectivity index (χ2v) is 5.84. The van der Waals surface area contributed by atoms with Crippen LogP contribution < -0.4 is 0 Å². The predicted octanol–water partition coefficient (Wildman–Crippen LogP) is 1.62. The van der Waals surface area contributed by atoms with Gasteiger partial charge in [0.15, 0.2) is 11.5 Å². The van der Waals surface area contributed by atoms with Crippen molar-refractivity contribution in [2.24, 2.45) is 5.92 Å². The number of Topliss-reactive ketones (excluding diaryl/α,β-unsaturated/α-hetero) is 1. The minimum Gasteiger partial charge on any atom is -0.294 e. The number of hydrogen-bond acceptors (Lipinski definition) is 1. The van der Waals surface area contributed by atoms with Crippen molar-refractivity contribution in [1.29, 1.82) is 0 Å². The van der Waals surface area contributed by atoms with E-state index in [1.54, 1.807) is 0 Å². The molecule has 1 aliphatic rings. The van der Waals surface area contributed by atoms with E-state index >= 15 is 0 Å². The molecule has 0 spiro atoms. The lowest BCUT2D eigenvalue weighted by Gasteiger charge is -2.04. The smallest absolute Gasteiger partial charge is 0.184 e. The van der Waals surface area contributed by atoms with Crippen LogP contribution in [0.3, 0.4) is 0 Å². The van der Waals surface area contributed by atoms with Crippen molar-refractivity contribution >= 4 is 16.7 Å². The molecule has 1 nitrogen and oxygen atoms in total. The Kier molecular flexibility index (Phi) is 3.44. The maximum Gasteiger partial charge on any atom is 0.184 e. The first-order chi connectivity index (χ1) is 5.20. The van der Waals surface area contributed by atoms with E-state index in [2.05, 4.69) is 12.5 Å². The van der Waals surface area contributed by atoms with Crippen LogP contribution in [0.4, 0.5) is 0 Å². The molecule has 0 saturated heterocycles. The molecule has 1 aliphatic carbocycles. The highest BCUT2D eigenvalue weighted by atomic mass is 32.2. The Bertz CT molecular complexity index is 136. The van der Waals surface area contributed by atoms with Crippen molar-refractivity contribution in [2.75, 3.05) is 18.3 Å². The van der Waals surface area contributed by atoms with Gasteiger partial charge in [-0.05, 0) is 23.7 Å². The van der Waals surface area contributed by atoms with Crippen molar-refractivity contribution in [3.63, 3.8) is 0 Å². The lowest BCUT2D eigenvalue weighted by atomic mass is 10.0. The number of hydrogen-bond donors (Lipinski definition) is 0. The monoisotopic (exact) mass is 173 g/mol. The van der Waals surface area contributed by atoms with Gasteiger partial charge in [-0.3, -0.25) is 4.79 Å². The van der Waals surface area contributed by atoms with Crippen LogP contribution in [0.25, 0.3) is 0 Å². The average Bonchev–Trinajstić information content (AvgIpc) is 2.35. The molecule has 0 atom stereocenters. The first-order valence-corrected chi connectivity index (χ1v) is 6.48. The molecule has 0 bridgehead atoms. The molecule has 0 aromatic rings. The minimum atomic E-state index is 0.309. The summed E-state index contributed by atoms with van der Waals surface area (Å²) in [5.74, 6) is 1.78. The summed E-state index contributed by atoms with van der Waals surface area (Å²) in [5.41, 5.74) is 0. The number of carbonyl (C=O) groups excluding carboxylic acids is 1. The van der Waals surface area contributed by atoms with Crippen molar-refractivity contribution in [3.8, 4) is 0 Å². The molecule has 1 saturated carbocycles. The number of rotatable bonds is 3. The Hall–Kier alpha value is 0.0200. The highest BCUT2D eigenvalue weighted by Gasteiger charge is 2.25. The van der Waals surface area contributed by atoms with Crippen LogP contribution in [0.2, 0.25) is 0 Å². The Balaban J connectivity index is 2.28. The van der Waals surface area contributed by atoms with Gasteiger partial charge < -0.3 is 0 Å². The third-order valence-electron chi connectivity index (χ3n) is 2.24. The molecular weight excluding hydrogens is 156 g/mol. The number of ketones is 1. The topological polar surface area (TPSA) is 17.1 Å². The van der Waals surface area contributed by atoms with Crippen molar-refractivity contribution in [2.45, 2.75) is 25.7 Å². The summed E-state index contributed by atoms with van der Waals surface area (Å²) in [6.45, 7) is 0. The van der Waals surface area contributed by atoms with Crippen LogP contribution in [-0.4, -0.2) is 24.0 Å². The molecule has 1 rings (SSSR count). The molecule has 0 radical (unpaired) electrons. The number of carbonyl (C=O) groups is 1. The fraction of sp³-hybridized carbons (Fsp3) is 0.889. The van der Waals surface area contributed by atoms with E-state index in [1.807, 2.05) is 0 Å². The van der Waals surface area contributed by atoms with Gasteiger partial charge in [0.05, 0.1) is 12.5 Å². The van der Waals surface area contributed by atoms with Crippen LogP contribution in [0, 0.1) is 5.92 Å². The van der Waals surface area contributed by atoms with Gasteiger partial charge in [0.2, 0.25) is 0 Å². The molecular formula is C9H17OS+. The zero-order chi connectivity index (χ0) is 8.27. The molecule has 0 N–H and O–H groups in total. The van der Waals surface area contributed by atoms with Gasteiger partial charge in [-0.1, -0.05) is 12.8 Å². The lowest BCUT2D eigenvalue weighted by Crippen LogP contribution is -2.20. The highest BCUT2D eigenvalue weighted by molar-refractivity contribution is 7.96. The van der Waals surface area contributed by atoms with E-state index in [9.17, 15) is 4.79 Å². The summed E-state index contributed by atoms with van der Waals surface area (Å²) in [5, 5.41) is 0. The Morgan fingerprint density at radius 3 is 2.36 bits per heavy atom. The Morgan fingerprint density at radius 1 is 1.36 bits per heavy atom. The summed E-state index contributed by atoms with van der Waals surface area (Å²) < 4.78 is 0. The third-order valence-corrected chi connectivity index (χ3v) is 3.10. The zero-order valence-corrected chi connectivity index (χ0v) is 8.25. The quantitative estimate of drug-likeness (QED) is 0.593. The summed E-state index contributed by atoms with van der Waals surface area (Å²) in [4.78, 5) is 11.5. The van der Waals surface area contributed by atoms with E-state index in [4.69, 9.17) is 0 Å². The second kappa shape index (κ2) is 4.15. The molecule has 2 heteroatoms. The van der Waals surface area contributed by atoms with Gasteiger partial charge in [0.1, 0.15) is 0 Å². The maximum atomic E-state index is 11.5. The predicted molar refractivity (Wildman–Crippen MR) is 51.0 cm³/mol. The molecule has 0 heterocycles. The van der Waals surface area contributed by atoms with Gasteiger partial charge in [0.25, 0.3) is 0 Å². The molecule has 11 heavy (non-hydrogen) atoms. The minimum absolute atomic E-state index is 0.309. The van der Waals surface area contributed by atoms with E-state index in [0.29, 0.717) is 22.6 Å². The largest absolute Gasteiger partial charge is 0.294 e. The van der Waals surface area contributed by atoms with Crippen LogP contribution in [0.1, 0.15) is 25.7 Å². The normalized spacial score (nSPS) is 19.5. The van der Waals surface area contributed by atoms with Crippen molar-refractivity contribution < 1.29 is 4.79 Å². The molecule has 0 aromatic carbocycles. The van der Waals surface area contributed by atoms with E-state index in [1.165, 1.54) is 12.8 Å². The zero-order valence-electron chi connectivity index (χ0n) is 7.43. The molecule has 0 aliphatic heterocycles. The van der Waals surface area contributed by atoms with E-state index in [0.717, 1.165) is 18.6 Å². The van der Waals surface area contributed by atoms with Gasteiger partial charge in [0, 0.05) is 5.92 Å². The van der Waals surface area contributed by atoms with Gasteiger partial charge in [-0.25, -0.2) is 0 Å². The fourth-order valence-corrected chi connectivity index (χ4v) is 2.45. The highest BCUT2D eigenvalue weighted by Crippen LogP contribution is 2.25. The molecule has 64 valence electrons. The van der Waals surface area contributed by atoms with Crippen LogP contribution in [-0.2, 0) is 15.7 Å². The van der Waals surface area contributed by atoms with Crippen LogP contribution in [0.15, 0.2) is 0 Å². The van der Waals surface area contributed by atoms with Crippen molar-refractivity contribution in [1.82, 2.24) is 0 Å². The summed E-state index contributed by atoms with van der Waals surface area (Å²) in [6, 6.07) is 0. The molecule has 1 fully saturated rings. The molecule has 0 unspecified atom stereocenters. The first-order valence-electron chi connectivity index (χ1n) is 4.27. The van der Waals surface area contributed by atoms with Crippen LogP contribution >= 0.6 is 0 Å². The molecule has 0 aromatic heterocycles. The average molecular weight is 173 g/mol. The maximum absolute atomic E-state index is 11.5. The second-order valence-electron chi connectivity index (χ2n) is 3.58. The van der Waals surface area contributed by atoms with E-state index in [-0.39, 0.29) is 0 Å². The molecule has 0 amide bonds.